The van der Waals surface area contributed by atoms with Gasteiger partial charge in [0.1, 0.15) is 6.61 Å². The quantitative estimate of drug-likeness (QED) is 0.0266. The first-order valence-electron chi connectivity index (χ1n) is 24.3. The summed E-state index contributed by atoms with van der Waals surface area (Å²) in [5.41, 5.74) is 5.36. The summed E-state index contributed by atoms with van der Waals surface area (Å²) in [6.45, 7) is 3.73. The number of rotatable bonds is 46. The van der Waals surface area contributed by atoms with Crippen LogP contribution in [0.25, 0.3) is 0 Å². The van der Waals surface area contributed by atoms with Gasteiger partial charge >= 0.3 is 19.8 Å². The van der Waals surface area contributed by atoms with Gasteiger partial charge in [-0.1, -0.05) is 205 Å². The van der Waals surface area contributed by atoms with Crippen molar-refractivity contribution in [3.8, 4) is 0 Å². The molecule has 0 spiro atoms. The molecule has 0 aliphatic heterocycles. The van der Waals surface area contributed by atoms with Crippen molar-refractivity contribution in [2.24, 2.45) is 5.73 Å². The summed E-state index contributed by atoms with van der Waals surface area (Å²) in [4.78, 5) is 35.0. The van der Waals surface area contributed by atoms with Crippen LogP contribution in [0.3, 0.4) is 0 Å². The number of unbranched alkanes of at least 4 members (excludes halogenated alkanes) is 29. The molecule has 342 valence electrons. The zero-order chi connectivity index (χ0) is 42.5. The molecule has 0 amide bonds. The monoisotopic (exact) mass is 842 g/mol. The molecule has 0 heterocycles. The second kappa shape index (κ2) is 45.0. The summed E-state index contributed by atoms with van der Waals surface area (Å²) in [6.07, 6.45) is 49.3. The van der Waals surface area contributed by atoms with E-state index in [0.717, 1.165) is 57.8 Å². The van der Waals surface area contributed by atoms with Gasteiger partial charge in [0.05, 0.1) is 13.2 Å². The highest BCUT2D eigenvalue weighted by Gasteiger charge is 2.26. The van der Waals surface area contributed by atoms with E-state index in [-0.39, 0.29) is 32.6 Å². The highest BCUT2D eigenvalue weighted by atomic mass is 31.2. The molecule has 0 fully saturated rings. The number of ether oxygens (including phenoxy) is 2. The number of allylic oxidation sites excluding steroid dienone is 4. The van der Waals surface area contributed by atoms with Crippen molar-refractivity contribution >= 4 is 19.8 Å². The highest BCUT2D eigenvalue weighted by Crippen LogP contribution is 2.43. The zero-order valence-corrected chi connectivity index (χ0v) is 38.7. The van der Waals surface area contributed by atoms with Gasteiger partial charge in [0.2, 0.25) is 0 Å². The lowest BCUT2D eigenvalue weighted by Gasteiger charge is -2.19. The molecule has 10 heteroatoms. The summed E-state index contributed by atoms with van der Waals surface area (Å²) in [7, 11) is -4.38. The maximum Gasteiger partial charge on any atom is 0.472 e. The second-order valence-corrected chi connectivity index (χ2v) is 17.8. The number of nitrogens with two attached hydrogens (primary N) is 1. The van der Waals surface area contributed by atoms with E-state index in [1.807, 2.05) is 0 Å². The first-order valence-corrected chi connectivity index (χ1v) is 25.8. The van der Waals surface area contributed by atoms with E-state index in [1.165, 1.54) is 148 Å². The number of hydrogen-bond acceptors (Lipinski definition) is 8. The second-order valence-electron chi connectivity index (χ2n) is 16.3. The molecule has 0 aromatic rings. The van der Waals surface area contributed by atoms with Gasteiger partial charge in [-0.15, -0.1) is 0 Å². The van der Waals surface area contributed by atoms with Gasteiger partial charge in [0.15, 0.2) is 6.10 Å². The standard InChI is InChI=1S/C48H92NO8P/c1-3-5-7-9-11-13-15-17-19-20-21-22-23-24-25-27-29-31-33-35-37-39-41-48(51)57-46(45-56-58(52,53)55-43-42-49)44-54-47(50)40-38-36-34-32-30-28-26-18-16-14-12-10-8-6-4-2/h12,14,18,26,46H,3-11,13,15-17,19-25,27-45,49H2,1-2H3,(H,52,53)/b14-12+,26-18+/t46-/m1/s1. The van der Waals surface area contributed by atoms with Crippen LogP contribution in [0.15, 0.2) is 24.3 Å². The predicted molar refractivity (Wildman–Crippen MR) is 243 cm³/mol. The molecular weight excluding hydrogens is 750 g/mol. The minimum atomic E-state index is -4.38. The van der Waals surface area contributed by atoms with Crippen molar-refractivity contribution in [1.29, 1.82) is 0 Å². The fraction of sp³-hybridized carbons (Fsp3) is 0.875. The van der Waals surface area contributed by atoms with Crippen LogP contribution in [0.5, 0.6) is 0 Å². The molecule has 0 radical (unpaired) electrons. The molecule has 0 aromatic heterocycles. The van der Waals surface area contributed by atoms with Crippen LogP contribution in [0, 0.1) is 0 Å². The van der Waals surface area contributed by atoms with E-state index in [4.69, 9.17) is 24.3 Å². The van der Waals surface area contributed by atoms with E-state index in [0.29, 0.717) is 6.42 Å². The lowest BCUT2D eigenvalue weighted by molar-refractivity contribution is -0.161. The van der Waals surface area contributed by atoms with Crippen molar-refractivity contribution < 1.29 is 37.6 Å². The normalized spacial score (nSPS) is 13.4. The Balaban J connectivity index is 4.04. The van der Waals surface area contributed by atoms with Crippen molar-refractivity contribution in [2.75, 3.05) is 26.4 Å². The van der Waals surface area contributed by atoms with E-state index >= 15 is 0 Å². The average molecular weight is 842 g/mol. The van der Waals surface area contributed by atoms with Crippen molar-refractivity contribution in [2.45, 2.75) is 245 Å². The third kappa shape index (κ3) is 44.1. The molecular formula is C48H92NO8P. The van der Waals surface area contributed by atoms with Crippen molar-refractivity contribution in [3.63, 3.8) is 0 Å². The average Bonchev–Trinajstić information content (AvgIpc) is 3.21. The largest absolute Gasteiger partial charge is 0.472 e. The van der Waals surface area contributed by atoms with Gasteiger partial charge in [-0.05, 0) is 44.9 Å². The first-order chi connectivity index (χ1) is 28.3. The molecule has 0 rings (SSSR count). The van der Waals surface area contributed by atoms with Gasteiger partial charge < -0.3 is 20.1 Å². The summed E-state index contributed by atoms with van der Waals surface area (Å²) in [5.74, 6) is -0.833. The van der Waals surface area contributed by atoms with E-state index in [2.05, 4.69) is 38.2 Å². The number of hydrogen-bond donors (Lipinski definition) is 2. The molecule has 2 atom stereocenters. The number of carbonyl (C=O) groups excluding carboxylic acids is 2. The summed E-state index contributed by atoms with van der Waals surface area (Å²) in [6, 6.07) is 0. The molecule has 0 aliphatic rings. The number of esters is 2. The third-order valence-corrected chi connectivity index (χ3v) is 11.6. The minimum absolute atomic E-state index is 0.0532. The van der Waals surface area contributed by atoms with Gasteiger partial charge in [-0.3, -0.25) is 18.6 Å². The van der Waals surface area contributed by atoms with Gasteiger partial charge in [0, 0.05) is 19.4 Å². The van der Waals surface area contributed by atoms with Crippen LogP contribution in [-0.4, -0.2) is 49.3 Å². The maximum atomic E-state index is 12.6. The molecule has 58 heavy (non-hydrogen) atoms. The van der Waals surface area contributed by atoms with Gasteiger partial charge in [-0.25, -0.2) is 4.57 Å². The number of carbonyl (C=O) groups is 2. The fourth-order valence-electron chi connectivity index (χ4n) is 6.96. The fourth-order valence-corrected chi connectivity index (χ4v) is 7.73. The van der Waals surface area contributed by atoms with Gasteiger partial charge in [-0.2, -0.15) is 0 Å². The lowest BCUT2D eigenvalue weighted by atomic mass is 10.0. The number of phosphoric ester groups is 1. The Labute approximate surface area is 357 Å². The van der Waals surface area contributed by atoms with E-state index in [9.17, 15) is 19.0 Å². The zero-order valence-electron chi connectivity index (χ0n) is 37.8. The molecule has 0 bridgehead atoms. The van der Waals surface area contributed by atoms with Crippen LogP contribution >= 0.6 is 7.82 Å². The summed E-state index contributed by atoms with van der Waals surface area (Å²) in [5, 5.41) is 0. The Hall–Kier alpha value is -1.51. The Morgan fingerprint density at radius 3 is 1.34 bits per heavy atom. The predicted octanol–water partition coefficient (Wildman–Crippen LogP) is 14.3. The van der Waals surface area contributed by atoms with E-state index < -0.39 is 32.5 Å². The van der Waals surface area contributed by atoms with Crippen LogP contribution in [0.1, 0.15) is 239 Å². The topological polar surface area (TPSA) is 134 Å². The SMILES string of the molecule is CCCCC/C=C/C/C=C/CCCCCCCC(=O)OC[C@H](COP(=O)(O)OCCN)OC(=O)CCCCCCCCCCCCCCCCCCCCCCCC. The van der Waals surface area contributed by atoms with Crippen LogP contribution in [0.2, 0.25) is 0 Å². The Bertz CT molecular complexity index is 1010. The molecule has 1 unspecified atom stereocenters. The van der Waals surface area contributed by atoms with Gasteiger partial charge in [0.25, 0.3) is 0 Å². The maximum absolute atomic E-state index is 12.6. The molecule has 0 saturated carbocycles. The lowest BCUT2D eigenvalue weighted by Crippen LogP contribution is -2.29. The first kappa shape index (κ1) is 56.5. The smallest absolute Gasteiger partial charge is 0.462 e. The molecule has 3 N–H and O–H groups in total. The molecule has 9 nitrogen and oxygen atoms in total. The van der Waals surface area contributed by atoms with E-state index in [1.54, 1.807) is 0 Å². The molecule has 0 saturated heterocycles. The Morgan fingerprint density at radius 1 is 0.517 bits per heavy atom. The van der Waals surface area contributed by atoms with Crippen LogP contribution in [-0.2, 0) is 32.7 Å². The molecule has 0 aliphatic carbocycles. The van der Waals surface area contributed by atoms with Crippen molar-refractivity contribution in [3.05, 3.63) is 24.3 Å². The van der Waals surface area contributed by atoms with Crippen LogP contribution < -0.4 is 5.73 Å². The Morgan fingerprint density at radius 2 is 0.897 bits per heavy atom. The summed E-state index contributed by atoms with van der Waals surface area (Å²) >= 11 is 0. The number of phosphoric acid groups is 1. The third-order valence-electron chi connectivity index (χ3n) is 10.6. The molecule has 0 aromatic carbocycles. The summed E-state index contributed by atoms with van der Waals surface area (Å²) < 4.78 is 32.9. The highest BCUT2D eigenvalue weighted by molar-refractivity contribution is 7.47. The minimum Gasteiger partial charge on any atom is -0.462 e. The van der Waals surface area contributed by atoms with Crippen molar-refractivity contribution in [1.82, 2.24) is 0 Å². The Kier molecular flexibility index (Phi) is 43.9. The van der Waals surface area contributed by atoms with Crippen LogP contribution in [0.4, 0.5) is 0 Å².